The standard InChI is InChI=1S/C27H21Cl2N3O8/c1-38-15-7-8-19(21(10-15)40-3)32-25(34)22(29)23(26(32)35)30-14-6-4-5-13(9-14)24(33)31-18-12-20(39-2)16(27(36)37)11-17(18)28/h4-12,30H,1-3H3,(H,31,33)(H,36,37)/p-1. The summed E-state index contributed by atoms with van der Waals surface area (Å²) in [4.78, 5) is 51.3. The fourth-order valence-corrected chi connectivity index (χ4v) is 4.28. The molecule has 3 aromatic carbocycles. The summed E-state index contributed by atoms with van der Waals surface area (Å²) in [7, 11) is 4.11. The van der Waals surface area contributed by atoms with E-state index in [4.69, 9.17) is 37.4 Å². The molecule has 0 aromatic heterocycles. The van der Waals surface area contributed by atoms with Crippen molar-refractivity contribution in [1.29, 1.82) is 0 Å². The van der Waals surface area contributed by atoms with Gasteiger partial charge in [0, 0.05) is 28.9 Å². The summed E-state index contributed by atoms with van der Waals surface area (Å²) in [5.74, 6) is -2.98. The topological polar surface area (TPSA) is 146 Å². The second kappa shape index (κ2) is 11.6. The Hall–Kier alpha value is -4.74. The lowest BCUT2D eigenvalue weighted by Gasteiger charge is -2.18. The fourth-order valence-electron chi connectivity index (χ4n) is 3.85. The van der Waals surface area contributed by atoms with E-state index in [2.05, 4.69) is 10.6 Å². The van der Waals surface area contributed by atoms with Crippen molar-refractivity contribution in [3.63, 3.8) is 0 Å². The van der Waals surface area contributed by atoms with Crippen LogP contribution in [0.3, 0.4) is 0 Å². The molecule has 0 fully saturated rings. The van der Waals surface area contributed by atoms with E-state index < -0.39 is 23.7 Å². The summed E-state index contributed by atoms with van der Waals surface area (Å²) >= 11 is 12.4. The molecule has 4 rings (SSSR count). The molecule has 0 bridgehead atoms. The first-order chi connectivity index (χ1) is 19.1. The van der Waals surface area contributed by atoms with Crippen LogP contribution in [0.2, 0.25) is 5.02 Å². The average Bonchev–Trinajstić information content (AvgIpc) is 3.16. The van der Waals surface area contributed by atoms with Gasteiger partial charge in [-0.2, -0.15) is 0 Å². The zero-order valence-corrected chi connectivity index (χ0v) is 22.7. The van der Waals surface area contributed by atoms with Crippen LogP contribution in [-0.2, 0) is 9.59 Å². The summed E-state index contributed by atoms with van der Waals surface area (Å²) in [5.41, 5.74) is 0.205. The Morgan fingerprint density at radius 1 is 0.875 bits per heavy atom. The second-order valence-corrected chi connectivity index (χ2v) is 8.94. The quantitative estimate of drug-likeness (QED) is 0.361. The highest BCUT2D eigenvalue weighted by molar-refractivity contribution is 6.53. The van der Waals surface area contributed by atoms with Crippen molar-refractivity contribution in [2.75, 3.05) is 36.9 Å². The molecule has 13 heteroatoms. The van der Waals surface area contributed by atoms with Crippen molar-refractivity contribution in [2.45, 2.75) is 0 Å². The third kappa shape index (κ3) is 5.37. The smallest absolute Gasteiger partial charge is 0.283 e. The molecule has 0 spiro atoms. The number of methoxy groups -OCH3 is 3. The SMILES string of the molecule is COc1ccc(N2C(=O)C(Cl)=C(Nc3cccc(C(=O)Nc4cc(OC)c(C(=O)[O-])cc4Cl)c3)C2=O)c(OC)c1. The molecule has 206 valence electrons. The molecule has 0 aliphatic carbocycles. The number of rotatable bonds is 9. The van der Waals surface area contributed by atoms with Crippen LogP contribution in [0.5, 0.6) is 17.2 Å². The van der Waals surface area contributed by atoms with Crippen molar-refractivity contribution in [3.05, 3.63) is 81.5 Å². The predicted molar refractivity (Wildman–Crippen MR) is 145 cm³/mol. The molecule has 0 saturated heterocycles. The van der Waals surface area contributed by atoms with E-state index in [1.807, 2.05) is 0 Å². The van der Waals surface area contributed by atoms with Crippen LogP contribution < -0.4 is 34.9 Å². The molecule has 1 aliphatic rings. The van der Waals surface area contributed by atoms with Crippen LogP contribution in [0.1, 0.15) is 20.7 Å². The van der Waals surface area contributed by atoms with Crippen LogP contribution in [0.25, 0.3) is 0 Å². The lowest BCUT2D eigenvalue weighted by molar-refractivity contribution is -0.255. The highest BCUT2D eigenvalue weighted by Gasteiger charge is 2.40. The second-order valence-electron chi connectivity index (χ2n) is 8.15. The highest BCUT2D eigenvalue weighted by Crippen LogP contribution is 2.38. The van der Waals surface area contributed by atoms with Gasteiger partial charge in [-0.05, 0) is 36.4 Å². The van der Waals surface area contributed by atoms with E-state index in [9.17, 15) is 24.3 Å². The number of benzene rings is 3. The van der Waals surface area contributed by atoms with Gasteiger partial charge in [0.2, 0.25) is 0 Å². The van der Waals surface area contributed by atoms with E-state index >= 15 is 0 Å². The summed E-state index contributed by atoms with van der Waals surface area (Å²) < 4.78 is 15.5. The Morgan fingerprint density at radius 2 is 1.60 bits per heavy atom. The number of halogens is 2. The number of aromatic carboxylic acids is 1. The Kier molecular flexibility index (Phi) is 8.17. The molecule has 0 atom stereocenters. The van der Waals surface area contributed by atoms with Gasteiger partial charge in [0.25, 0.3) is 17.7 Å². The van der Waals surface area contributed by atoms with E-state index in [1.165, 1.54) is 51.7 Å². The molecular weight excluding hydrogens is 565 g/mol. The molecule has 0 unspecified atom stereocenters. The van der Waals surface area contributed by atoms with Gasteiger partial charge < -0.3 is 34.7 Å². The molecule has 1 aliphatic heterocycles. The molecule has 40 heavy (non-hydrogen) atoms. The van der Waals surface area contributed by atoms with Gasteiger partial charge in [0.05, 0.1) is 43.7 Å². The minimum absolute atomic E-state index is 0.0521. The van der Waals surface area contributed by atoms with Crippen molar-refractivity contribution in [2.24, 2.45) is 0 Å². The van der Waals surface area contributed by atoms with Gasteiger partial charge in [-0.1, -0.05) is 29.3 Å². The first-order valence-corrected chi connectivity index (χ1v) is 12.1. The molecule has 0 saturated carbocycles. The van der Waals surface area contributed by atoms with E-state index in [1.54, 1.807) is 18.2 Å². The Bertz CT molecular complexity index is 1590. The molecule has 1 heterocycles. The number of amides is 3. The number of carbonyl (C=O) groups excluding carboxylic acids is 4. The molecular formula is C27H20Cl2N3O8-. The van der Waals surface area contributed by atoms with Gasteiger partial charge in [-0.15, -0.1) is 0 Å². The van der Waals surface area contributed by atoms with Gasteiger partial charge in [0.15, 0.2) is 0 Å². The van der Waals surface area contributed by atoms with Gasteiger partial charge in [-0.3, -0.25) is 14.4 Å². The Labute approximate surface area is 237 Å². The largest absolute Gasteiger partial charge is 0.545 e. The minimum Gasteiger partial charge on any atom is -0.545 e. The van der Waals surface area contributed by atoms with Crippen molar-refractivity contribution < 1.29 is 38.5 Å². The van der Waals surface area contributed by atoms with Crippen LogP contribution in [0.15, 0.2) is 65.3 Å². The normalized spacial score (nSPS) is 12.9. The molecule has 0 radical (unpaired) electrons. The third-order valence-electron chi connectivity index (χ3n) is 5.81. The van der Waals surface area contributed by atoms with Crippen LogP contribution in [0, 0.1) is 0 Å². The van der Waals surface area contributed by atoms with Crippen molar-refractivity contribution in [1.82, 2.24) is 0 Å². The van der Waals surface area contributed by atoms with E-state index in [0.717, 1.165) is 11.0 Å². The number of nitrogens with zero attached hydrogens (tertiary/aromatic N) is 1. The third-order valence-corrected chi connectivity index (χ3v) is 6.47. The molecule has 2 N–H and O–H groups in total. The highest BCUT2D eigenvalue weighted by atomic mass is 35.5. The zero-order valence-electron chi connectivity index (χ0n) is 21.2. The molecule has 3 aromatic rings. The molecule has 11 nitrogen and oxygen atoms in total. The zero-order chi connectivity index (χ0) is 29.1. The maximum Gasteiger partial charge on any atom is 0.283 e. The van der Waals surface area contributed by atoms with Gasteiger partial charge in [0.1, 0.15) is 28.0 Å². The Balaban J connectivity index is 1.57. The fraction of sp³-hybridized carbons (Fsp3) is 0.111. The summed E-state index contributed by atoms with van der Waals surface area (Å²) in [5, 5.41) is 16.3. The number of carbonyl (C=O) groups is 4. The van der Waals surface area contributed by atoms with Crippen LogP contribution in [-0.4, -0.2) is 45.0 Å². The molecule has 3 amide bonds. The van der Waals surface area contributed by atoms with Gasteiger partial charge in [-0.25, -0.2) is 4.90 Å². The number of nitrogens with one attached hydrogen (secondary N) is 2. The van der Waals surface area contributed by atoms with Gasteiger partial charge >= 0.3 is 0 Å². The first-order valence-electron chi connectivity index (χ1n) is 11.4. The van der Waals surface area contributed by atoms with Crippen molar-refractivity contribution >= 4 is 64.0 Å². The number of hydrogen-bond acceptors (Lipinski definition) is 9. The first kappa shape index (κ1) is 28.3. The summed E-state index contributed by atoms with van der Waals surface area (Å²) in [6.07, 6.45) is 0. The number of imide groups is 1. The van der Waals surface area contributed by atoms with Crippen LogP contribution >= 0.6 is 23.2 Å². The number of carboxylic acid groups (broad SMARTS) is 1. The minimum atomic E-state index is -1.49. The predicted octanol–water partition coefficient (Wildman–Crippen LogP) is 3.42. The van der Waals surface area contributed by atoms with E-state index in [0.29, 0.717) is 5.75 Å². The Morgan fingerprint density at radius 3 is 2.25 bits per heavy atom. The maximum atomic E-state index is 13.2. The lowest BCUT2D eigenvalue weighted by Crippen LogP contribution is -2.32. The number of hydrogen-bond donors (Lipinski definition) is 2. The average molecular weight is 585 g/mol. The summed E-state index contributed by atoms with van der Waals surface area (Å²) in [6, 6.07) is 12.9. The lowest BCUT2D eigenvalue weighted by atomic mass is 10.1. The number of ether oxygens (including phenoxy) is 3. The monoisotopic (exact) mass is 584 g/mol. The van der Waals surface area contributed by atoms with E-state index in [-0.39, 0.29) is 55.4 Å². The summed E-state index contributed by atoms with van der Waals surface area (Å²) in [6.45, 7) is 0. The number of anilines is 3. The number of carboxylic acids is 1. The van der Waals surface area contributed by atoms with Crippen LogP contribution in [0.4, 0.5) is 17.1 Å². The maximum absolute atomic E-state index is 13.2. The van der Waals surface area contributed by atoms with Crippen molar-refractivity contribution in [3.8, 4) is 17.2 Å².